The number of halogens is 1. The average molecular weight is 366 g/mol. The Hall–Kier alpha value is -3.18. The molecule has 0 fully saturated rings. The largest absolute Gasteiger partial charge is 0.319 e. The number of hydrogen-bond acceptors (Lipinski definition) is 3. The molecule has 0 unspecified atom stereocenters. The van der Waals surface area contributed by atoms with Crippen molar-refractivity contribution in [3.05, 3.63) is 89.2 Å². The highest BCUT2D eigenvalue weighted by atomic mass is 35.5. The van der Waals surface area contributed by atoms with Crippen molar-refractivity contribution >= 4 is 34.8 Å². The lowest BCUT2D eigenvalue weighted by atomic mass is 10.2. The molecular formula is C20H16ClN3O2. The van der Waals surface area contributed by atoms with E-state index in [0.29, 0.717) is 10.7 Å². The minimum Gasteiger partial charge on any atom is -0.319 e. The summed E-state index contributed by atoms with van der Waals surface area (Å²) in [7, 11) is 1.66. The van der Waals surface area contributed by atoms with Gasteiger partial charge in [0.2, 0.25) is 0 Å². The molecule has 0 aliphatic rings. The number of carbonyl (C=O) groups is 2. The lowest BCUT2D eigenvalue weighted by Gasteiger charge is -2.17. The van der Waals surface area contributed by atoms with E-state index in [4.69, 9.17) is 11.6 Å². The van der Waals surface area contributed by atoms with Crippen LogP contribution in [0.15, 0.2) is 72.8 Å². The predicted molar refractivity (Wildman–Crippen MR) is 103 cm³/mol. The molecule has 130 valence electrons. The van der Waals surface area contributed by atoms with Crippen LogP contribution >= 0.6 is 11.6 Å². The van der Waals surface area contributed by atoms with Crippen molar-refractivity contribution in [2.75, 3.05) is 17.3 Å². The Labute approximate surface area is 156 Å². The summed E-state index contributed by atoms with van der Waals surface area (Å²) in [4.78, 5) is 30.7. The molecule has 2 amide bonds. The summed E-state index contributed by atoms with van der Waals surface area (Å²) < 4.78 is 0. The SMILES string of the molecule is CN(C(=O)c1cccc(C(=O)Nc2ccccc2Cl)n1)c1ccccc1. The van der Waals surface area contributed by atoms with Crippen molar-refractivity contribution in [1.82, 2.24) is 4.98 Å². The van der Waals surface area contributed by atoms with Crippen molar-refractivity contribution in [2.24, 2.45) is 0 Å². The number of anilines is 2. The van der Waals surface area contributed by atoms with E-state index >= 15 is 0 Å². The lowest BCUT2D eigenvalue weighted by Crippen LogP contribution is -2.27. The number of para-hydroxylation sites is 2. The second kappa shape index (κ2) is 7.80. The van der Waals surface area contributed by atoms with Crippen molar-refractivity contribution < 1.29 is 9.59 Å². The number of aromatic nitrogens is 1. The van der Waals surface area contributed by atoms with E-state index in [1.165, 1.54) is 4.90 Å². The van der Waals surface area contributed by atoms with Crippen molar-refractivity contribution in [3.8, 4) is 0 Å². The van der Waals surface area contributed by atoms with Gasteiger partial charge in [0.15, 0.2) is 0 Å². The van der Waals surface area contributed by atoms with Crippen LogP contribution in [0.2, 0.25) is 5.02 Å². The average Bonchev–Trinajstić information content (AvgIpc) is 2.69. The molecule has 0 spiro atoms. The first-order valence-electron chi connectivity index (χ1n) is 7.92. The third-order valence-electron chi connectivity index (χ3n) is 3.77. The highest BCUT2D eigenvalue weighted by Gasteiger charge is 2.17. The van der Waals surface area contributed by atoms with Crippen LogP contribution in [0.3, 0.4) is 0 Å². The molecule has 0 saturated carbocycles. The van der Waals surface area contributed by atoms with E-state index in [1.807, 2.05) is 30.3 Å². The predicted octanol–water partition coefficient (Wildman–Crippen LogP) is 4.26. The summed E-state index contributed by atoms with van der Waals surface area (Å²) in [6, 6.07) is 20.9. The Kier molecular flexibility index (Phi) is 5.29. The monoisotopic (exact) mass is 365 g/mol. The van der Waals surface area contributed by atoms with Crippen molar-refractivity contribution in [2.45, 2.75) is 0 Å². The number of hydrogen-bond donors (Lipinski definition) is 1. The second-order valence-corrected chi connectivity index (χ2v) is 5.95. The minimum absolute atomic E-state index is 0.136. The molecule has 26 heavy (non-hydrogen) atoms. The normalized spacial score (nSPS) is 10.2. The van der Waals surface area contributed by atoms with Gasteiger partial charge in [-0.3, -0.25) is 9.59 Å². The summed E-state index contributed by atoms with van der Waals surface area (Å²) in [5.41, 5.74) is 1.55. The Morgan fingerprint density at radius 2 is 1.54 bits per heavy atom. The fourth-order valence-corrected chi connectivity index (χ4v) is 2.55. The van der Waals surface area contributed by atoms with Gasteiger partial charge in [-0.2, -0.15) is 0 Å². The number of benzene rings is 2. The molecule has 0 saturated heterocycles. The third kappa shape index (κ3) is 3.90. The van der Waals surface area contributed by atoms with Crippen LogP contribution in [0.4, 0.5) is 11.4 Å². The number of pyridine rings is 1. The van der Waals surface area contributed by atoms with Gasteiger partial charge in [0.05, 0.1) is 10.7 Å². The third-order valence-corrected chi connectivity index (χ3v) is 4.10. The standard InChI is InChI=1S/C20H16ClN3O2/c1-24(14-8-3-2-4-9-14)20(26)18-13-7-12-17(22-18)19(25)23-16-11-6-5-10-15(16)21/h2-13H,1H3,(H,23,25). The smallest absolute Gasteiger partial charge is 0.276 e. The fourth-order valence-electron chi connectivity index (χ4n) is 2.37. The molecule has 0 radical (unpaired) electrons. The first-order chi connectivity index (χ1) is 12.6. The van der Waals surface area contributed by atoms with Gasteiger partial charge in [-0.1, -0.05) is 48.0 Å². The highest BCUT2D eigenvalue weighted by molar-refractivity contribution is 6.33. The Balaban J connectivity index is 1.80. The van der Waals surface area contributed by atoms with E-state index in [1.54, 1.807) is 49.5 Å². The molecule has 2 aromatic carbocycles. The second-order valence-electron chi connectivity index (χ2n) is 5.54. The first kappa shape index (κ1) is 17.6. The number of nitrogens with zero attached hydrogens (tertiary/aromatic N) is 2. The zero-order chi connectivity index (χ0) is 18.5. The molecule has 5 nitrogen and oxygen atoms in total. The van der Waals surface area contributed by atoms with Gasteiger partial charge in [0.25, 0.3) is 11.8 Å². The van der Waals surface area contributed by atoms with Crippen LogP contribution in [0, 0.1) is 0 Å². The molecular weight excluding hydrogens is 350 g/mol. The van der Waals surface area contributed by atoms with Crippen LogP contribution in [0.5, 0.6) is 0 Å². The summed E-state index contributed by atoms with van der Waals surface area (Å²) in [5.74, 6) is -0.737. The first-order valence-corrected chi connectivity index (χ1v) is 8.30. The molecule has 0 aliphatic carbocycles. The Morgan fingerprint density at radius 1 is 0.885 bits per heavy atom. The quantitative estimate of drug-likeness (QED) is 0.751. The van der Waals surface area contributed by atoms with E-state index in [9.17, 15) is 9.59 Å². The van der Waals surface area contributed by atoms with Gasteiger partial charge in [0.1, 0.15) is 11.4 Å². The van der Waals surface area contributed by atoms with Crippen LogP contribution in [0.25, 0.3) is 0 Å². The topological polar surface area (TPSA) is 62.3 Å². The molecule has 1 N–H and O–H groups in total. The maximum atomic E-state index is 12.6. The fraction of sp³-hybridized carbons (Fsp3) is 0.0500. The zero-order valence-corrected chi connectivity index (χ0v) is 14.8. The minimum atomic E-state index is -0.435. The summed E-state index contributed by atoms with van der Waals surface area (Å²) in [6.07, 6.45) is 0. The molecule has 1 aromatic heterocycles. The highest BCUT2D eigenvalue weighted by Crippen LogP contribution is 2.21. The van der Waals surface area contributed by atoms with Gasteiger partial charge in [-0.15, -0.1) is 0 Å². The summed E-state index contributed by atoms with van der Waals surface area (Å²) >= 11 is 6.05. The molecule has 1 heterocycles. The van der Waals surface area contributed by atoms with E-state index in [-0.39, 0.29) is 17.3 Å². The van der Waals surface area contributed by atoms with Crippen molar-refractivity contribution in [1.29, 1.82) is 0 Å². The van der Waals surface area contributed by atoms with Gasteiger partial charge in [-0.25, -0.2) is 4.98 Å². The molecule has 6 heteroatoms. The van der Waals surface area contributed by atoms with Crippen LogP contribution < -0.4 is 10.2 Å². The van der Waals surface area contributed by atoms with Gasteiger partial charge in [-0.05, 0) is 36.4 Å². The molecule has 0 atom stereocenters. The van der Waals surface area contributed by atoms with Crippen molar-refractivity contribution in [3.63, 3.8) is 0 Å². The van der Waals surface area contributed by atoms with Gasteiger partial charge < -0.3 is 10.2 Å². The molecule has 0 aliphatic heterocycles. The summed E-state index contributed by atoms with van der Waals surface area (Å²) in [6.45, 7) is 0. The van der Waals surface area contributed by atoms with E-state index in [2.05, 4.69) is 10.3 Å². The Bertz CT molecular complexity index is 945. The van der Waals surface area contributed by atoms with E-state index in [0.717, 1.165) is 5.69 Å². The lowest BCUT2D eigenvalue weighted by molar-refractivity contribution is 0.0988. The van der Waals surface area contributed by atoms with E-state index < -0.39 is 5.91 Å². The number of amides is 2. The number of rotatable bonds is 4. The number of nitrogens with one attached hydrogen (secondary N) is 1. The molecule has 3 rings (SSSR count). The maximum Gasteiger partial charge on any atom is 0.276 e. The van der Waals surface area contributed by atoms with Crippen LogP contribution in [-0.4, -0.2) is 23.8 Å². The summed E-state index contributed by atoms with van der Waals surface area (Å²) in [5, 5.41) is 3.12. The maximum absolute atomic E-state index is 12.6. The van der Waals surface area contributed by atoms with Gasteiger partial charge in [0, 0.05) is 12.7 Å². The molecule has 0 bridgehead atoms. The van der Waals surface area contributed by atoms with Crippen LogP contribution in [0.1, 0.15) is 21.0 Å². The van der Waals surface area contributed by atoms with Gasteiger partial charge >= 0.3 is 0 Å². The molecule has 3 aromatic rings. The number of carbonyl (C=O) groups excluding carboxylic acids is 2. The zero-order valence-electron chi connectivity index (χ0n) is 14.0. The van der Waals surface area contributed by atoms with Crippen LogP contribution in [-0.2, 0) is 0 Å². The Morgan fingerprint density at radius 3 is 2.27 bits per heavy atom.